The molecule has 0 spiro atoms. The lowest BCUT2D eigenvalue weighted by molar-refractivity contribution is 0.0488. The van der Waals surface area contributed by atoms with Crippen LogP contribution in [0.1, 0.15) is 30.1 Å². The van der Waals surface area contributed by atoms with Gasteiger partial charge in [-0.25, -0.2) is 4.39 Å². The second-order valence-electron chi connectivity index (χ2n) is 5.06. The number of aliphatic hydroxyl groups excluding tert-OH is 1. The number of nitrogens with zero attached hydrogens (tertiary/aromatic N) is 1. The molecular formula is C14H17BrFNO2. The van der Waals surface area contributed by atoms with Crippen molar-refractivity contribution >= 4 is 21.8 Å². The molecule has 0 saturated carbocycles. The lowest BCUT2D eigenvalue weighted by Gasteiger charge is -2.37. The maximum Gasteiger partial charge on any atom is 0.254 e. The van der Waals surface area contributed by atoms with E-state index in [1.54, 1.807) is 17.0 Å². The number of halogens is 2. The van der Waals surface area contributed by atoms with Crippen molar-refractivity contribution in [2.45, 2.75) is 25.8 Å². The van der Waals surface area contributed by atoms with Crippen molar-refractivity contribution in [1.82, 2.24) is 4.90 Å². The van der Waals surface area contributed by atoms with Gasteiger partial charge in [-0.05, 0) is 59.8 Å². The second-order valence-corrected chi connectivity index (χ2v) is 5.92. The van der Waals surface area contributed by atoms with Crippen LogP contribution < -0.4 is 0 Å². The molecule has 2 atom stereocenters. The van der Waals surface area contributed by atoms with Crippen LogP contribution in [0.15, 0.2) is 22.7 Å². The molecular weight excluding hydrogens is 313 g/mol. The van der Waals surface area contributed by atoms with Gasteiger partial charge in [-0.15, -0.1) is 0 Å². The normalized spacial score (nSPS) is 23.5. The van der Waals surface area contributed by atoms with E-state index in [0.717, 1.165) is 12.8 Å². The Bertz CT molecular complexity index is 481. The highest BCUT2D eigenvalue weighted by Crippen LogP contribution is 2.24. The number of piperidine rings is 1. The van der Waals surface area contributed by atoms with E-state index in [2.05, 4.69) is 15.9 Å². The molecule has 0 radical (unpaired) electrons. The monoisotopic (exact) mass is 329 g/mol. The number of benzene rings is 1. The Balaban J connectivity index is 2.19. The van der Waals surface area contributed by atoms with Crippen LogP contribution in [0.4, 0.5) is 4.39 Å². The Morgan fingerprint density at radius 1 is 1.53 bits per heavy atom. The molecule has 1 heterocycles. The quantitative estimate of drug-likeness (QED) is 0.906. The van der Waals surface area contributed by atoms with E-state index in [0.29, 0.717) is 16.6 Å². The first-order valence-corrected chi connectivity index (χ1v) is 7.19. The molecule has 1 aromatic rings. The lowest BCUT2D eigenvalue weighted by atomic mass is 9.93. The molecule has 3 nitrogen and oxygen atoms in total. The minimum absolute atomic E-state index is 0.0885. The fourth-order valence-corrected chi connectivity index (χ4v) is 2.66. The summed E-state index contributed by atoms with van der Waals surface area (Å²) in [4.78, 5) is 14.1. The zero-order chi connectivity index (χ0) is 14.0. The summed E-state index contributed by atoms with van der Waals surface area (Å²) < 4.78 is 13.8. The number of likely N-dealkylation sites (tertiary alicyclic amines) is 1. The van der Waals surface area contributed by atoms with Gasteiger partial charge in [0, 0.05) is 24.8 Å². The van der Waals surface area contributed by atoms with Crippen LogP contribution in [0.3, 0.4) is 0 Å². The number of rotatable bonds is 2. The summed E-state index contributed by atoms with van der Waals surface area (Å²) in [6, 6.07) is 4.54. The van der Waals surface area contributed by atoms with Crippen molar-refractivity contribution in [3.63, 3.8) is 0 Å². The third-order valence-corrected chi connectivity index (χ3v) is 4.31. The molecule has 0 aromatic heterocycles. The van der Waals surface area contributed by atoms with Crippen molar-refractivity contribution in [2.24, 2.45) is 5.92 Å². The largest absolute Gasteiger partial charge is 0.396 e. The highest BCUT2D eigenvalue weighted by Gasteiger charge is 2.29. The van der Waals surface area contributed by atoms with Gasteiger partial charge in [-0.1, -0.05) is 0 Å². The van der Waals surface area contributed by atoms with Crippen LogP contribution >= 0.6 is 15.9 Å². The average molecular weight is 330 g/mol. The fourth-order valence-electron chi connectivity index (χ4n) is 2.41. The summed E-state index contributed by atoms with van der Waals surface area (Å²) in [5, 5.41) is 9.22. The molecule has 1 aromatic carbocycles. The van der Waals surface area contributed by atoms with Crippen LogP contribution in [0, 0.1) is 11.7 Å². The Morgan fingerprint density at radius 3 is 2.89 bits per heavy atom. The molecule has 2 unspecified atom stereocenters. The molecule has 1 amide bonds. The Hall–Kier alpha value is -0.940. The van der Waals surface area contributed by atoms with Crippen LogP contribution in [0.25, 0.3) is 0 Å². The van der Waals surface area contributed by atoms with Gasteiger partial charge in [0.1, 0.15) is 5.82 Å². The van der Waals surface area contributed by atoms with Gasteiger partial charge in [0.15, 0.2) is 0 Å². The summed E-state index contributed by atoms with van der Waals surface area (Å²) in [6.07, 6.45) is 1.80. The van der Waals surface area contributed by atoms with Crippen molar-refractivity contribution in [3.8, 4) is 0 Å². The van der Waals surface area contributed by atoms with Gasteiger partial charge in [-0.2, -0.15) is 0 Å². The summed E-state index contributed by atoms with van der Waals surface area (Å²) in [6.45, 7) is 2.61. The maximum absolute atomic E-state index is 13.5. The van der Waals surface area contributed by atoms with E-state index in [-0.39, 0.29) is 24.5 Å². The number of hydrogen-bond donors (Lipinski definition) is 1. The fraction of sp³-hybridized carbons (Fsp3) is 0.500. The van der Waals surface area contributed by atoms with Crippen molar-refractivity contribution in [1.29, 1.82) is 0 Å². The standard InChI is InChI=1S/C14H17BrFNO2/c1-9-2-3-10(8-18)7-17(9)14(19)11-4-5-12(15)13(16)6-11/h4-6,9-10,18H,2-3,7-8H2,1H3. The van der Waals surface area contributed by atoms with E-state index < -0.39 is 5.82 Å². The minimum Gasteiger partial charge on any atom is -0.396 e. The molecule has 2 rings (SSSR count). The first kappa shape index (κ1) is 14.5. The molecule has 1 aliphatic rings. The van der Waals surface area contributed by atoms with Crippen LogP contribution in [0.2, 0.25) is 0 Å². The highest BCUT2D eigenvalue weighted by atomic mass is 79.9. The van der Waals surface area contributed by atoms with Crippen molar-refractivity contribution in [3.05, 3.63) is 34.1 Å². The summed E-state index contributed by atoms with van der Waals surface area (Å²) in [5.74, 6) is -0.480. The van der Waals surface area contributed by atoms with Gasteiger partial charge in [0.2, 0.25) is 0 Å². The summed E-state index contributed by atoms with van der Waals surface area (Å²) >= 11 is 3.07. The molecule has 104 valence electrons. The molecule has 19 heavy (non-hydrogen) atoms. The molecule has 1 aliphatic heterocycles. The van der Waals surface area contributed by atoms with Gasteiger partial charge in [0.05, 0.1) is 4.47 Å². The molecule has 1 N–H and O–H groups in total. The van der Waals surface area contributed by atoms with Crippen molar-refractivity contribution in [2.75, 3.05) is 13.2 Å². The topological polar surface area (TPSA) is 40.5 Å². The molecule has 0 bridgehead atoms. The van der Waals surface area contributed by atoms with Gasteiger partial charge in [0.25, 0.3) is 5.91 Å². The Kier molecular flexibility index (Phi) is 4.58. The number of hydrogen-bond acceptors (Lipinski definition) is 2. The molecule has 5 heteroatoms. The van der Waals surface area contributed by atoms with Crippen LogP contribution in [-0.4, -0.2) is 35.1 Å². The zero-order valence-corrected chi connectivity index (χ0v) is 12.4. The zero-order valence-electron chi connectivity index (χ0n) is 10.8. The number of carbonyl (C=O) groups is 1. The predicted molar refractivity (Wildman–Crippen MR) is 74.4 cm³/mol. The van der Waals surface area contributed by atoms with Gasteiger partial charge >= 0.3 is 0 Å². The third kappa shape index (κ3) is 3.15. The van der Waals surface area contributed by atoms with E-state index in [4.69, 9.17) is 0 Å². The summed E-state index contributed by atoms with van der Waals surface area (Å²) in [5.41, 5.74) is 0.353. The molecule has 0 aliphatic carbocycles. The average Bonchev–Trinajstić information content (AvgIpc) is 2.41. The highest BCUT2D eigenvalue weighted by molar-refractivity contribution is 9.10. The van der Waals surface area contributed by atoms with Gasteiger partial charge < -0.3 is 10.0 Å². The van der Waals surface area contributed by atoms with E-state index in [1.807, 2.05) is 6.92 Å². The summed E-state index contributed by atoms with van der Waals surface area (Å²) in [7, 11) is 0. The lowest BCUT2D eigenvalue weighted by Crippen LogP contribution is -2.46. The first-order valence-electron chi connectivity index (χ1n) is 6.39. The first-order chi connectivity index (χ1) is 9.02. The van der Waals surface area contributed by atoms with Crippen molar-refractivity contribution < 1.29 is 14.3 Å². The van der Waals surface area contributed by atoms with Gasteiger partial charge in [-0.3, -0.25) is 4.79 Å². The molecule has 1 saturated heterocycles. The Morgan fingerprint density at radius 2 is 2.26 bits per heavy atom. The number of amides is 1. The third-order valence-electron chi connectivity index (χ3n) is 3.67. The van der Waals surface area contributed by atoms with E-state index >= 15 is 0 Å². The van der Waals surface area contributed by atoms with E-state index in [1.165, 1.54) is 6.07 Å². The number of aliphatic hydroxyl groups is 1. The smallest absolute Gasteiger partial charge is 0.254 e. The second kappa shape index (κ2) is 6.01. The number of carbonyl (C=O) groups excluding carboxylic acids is 1. The minimum atomic E-state index is -0.436. The molecule has 1 fully saturated rings. The maximum atomic E-state index is 13.5. The van der Waals surface area contributed by atoms with Crippen LogP contribution in [-0.2, 0) is 0 Å². The Labute approximate surface area is 120 Å². The SMILES string of the molecule is CC1CCC(CO)CN1C(=O)c1ccc(Br)c(F)c1. The predicted octanol–water partition coefficient (Wildman–Crippen LogP) is 2.82. The van der Waals surface area contributed by atoms with Crippen LogP contribution in [0.5, 0.6) is 0 Å². The van der Waals surface area contributed by atoms with E-state index in [9.17, 15) is 14.3 Å².